The Morgan fingerprint density at radius 1 is 1.36 bits per heavy atom. The molecule has 0 aliphatic carbocycles. The van der Waals surface area contributed by atoms with E-state index in [1.807, 2.05) is 6.92 Å². The fourth-order valence-electron chi connectivity index (χ4n) is 1.96. The molecule has 1 fully saturated rings. The number of nitrogens with zero attached hydrogens (tertiary/aromatic N) is 1. The normalized spacial score (nSPS) is 19.4. The summed E-state index contributed by atoms with van der Waals surface area (Å²) in [6.07, 6.45) is 2.04. The molecule has 22 heavy (non-hydrogen) atoms. The number of nitrogens with one attached hydrogen (secondary N) is 2. The lowest BCUT2D eigenvalue weighted by Crippen LogP contribution is -2.39. The first-order valence-electron chi connectivity index (χ1n) is 7.99. The molecule has 0 saturated carbocycles. The van der Waals surface area contributed by atoms with Crippen LogP contribution >= 0.6 is 0 Å². The lowest BCUT2D eigenvalue weighted by Gasteiger charge is -2.12. The Kier molecular flexibility index (Phi) is 9.42. The minimum atomic E-state index is -2.95. The van der Waals surface area contributed by atoms with Gasteiger partial charge in [0.05, 0.1) is 18.5 Å². The van der Waals surface area contributed by atoms with Crippen LogP contribution in [0.2, 0.25) is 0 Å². The van der Waals surface area contributed by atoms with Crippen LogP contribution in [0.5, 0.6) is 0 Å². The van der Waals surface area contributed by atoms with E-state index in [1.54, 1.807) is 6.92 Å². The molecule has 1 rings (SSSR count). The van der Waals surface area contributed by atoms with Crippen LogP contribution < -0.4 is 10.6 Å². The number of guanidine groups is 1. The van der Waals surface area contributed by atoms with Gasteiger partial charge in [-0.2, -0.15) is 0 Å². The molecule has 0 aromatic rings. The Hall–Kier alpha value is -0.860. The van der Waals surface area contributed by atoms with E-state index in [4.69, 9.17) is 9.47 Å². The predicted octanol–water partition coefficient (Wildman–Crippen LogP) is 0.172. The lowest BCUT2D eigenvalue weighted by molar-refractivity contribution is 0.0424. The van der Waals surface area contributed by atoms with Crippen LogP contribution in [0.3, 0.4) is 0 Å². The van der Waals surface area contributed by atoms with Crippen molar-refractivity contribution in [3.05, 3.63) is 0 Å². The number of hydrogen-bond donors (Lipinski definition) is 2. The molecule has 0 aromatic heterocycles. The van der Waals surface area contributed by atoms with Gasteiger partial charge >= 0.3 is 0 Å². The maximum absolute atomic E-state index is 11.4. The van der Waals surface area contributed by atoms with Gasteiger partial charge in [0.25, 0.3) is 0 Å². The van der Waals surface area contributed by atoms with Gasteiger partial charge in [0.15, 0.2) is 15.8 Å². The average Bonchev–Trinajstić information content (AvgIpc) is 3.00. The molecule has 1 heterocycles. The lowest BCUT2D eigenvalue weighted by atomic mass is 10.3. The van der Waals surface area contributed by atoms with Crippen LogP contribution in [0.1, 0.15) is 26.7 Å². The maximum atomic E-state index is 11.4. The van der Waals surface area contributed by atoms with Crippen molar-refractivity contribution in [2.24, 2.45) is 4.99 Å². The van der Waals surface area contributed by atoms with E-state index in [-0.39, 0.29) is 17.6 Å². The topological polar surface area (TPSA) is 89.0 Å². The van der Waals surface area contributed by atoms with E-state index in [2.05, 4.69) is 15.6 Å². The van der Waals surface area contributed by atoms with Gasteiger partial charge in [-0.1, -0.05) is 6.92 Å². The molecule has 8 heteroatoms. The molecule has 7 nitrogen and oxygen atoms in total. The third-order valence-electron chi connectivity index (χ3n) is 3.30. The quantitative estimate of drug-likeness (QED) is 0.336. The fraction of sp³-hybridized carbons (Fsp3) is 0.929. The van der Waals surface area contributed by atoms with Crippen molar-refractivity contribution in [3.8, 4) is 0 Å². The Morgan fingerprint density at radius 3 is 2.82 bits per heavy atom. The Balaban J connectivity index is 2.19. The summed E-state index contributed by atoms with van der Waals surface area (Å²) in [7, 11) is -2.95. The summed E-state index contributed by atoms with van der Waals surface area (Å²) in [5.41, 5.74) is 0. The Morgan fingerprint density at radius 2 is 2.18 bits per heavy atom. The van der Waals surface area contributed by atoms with E-state index >= 15 is 0 Å². The molecule has 1 unspecified atom stereocenters. The monoisotopic (exact) mass is 335 g/mol. The molecule has 0 spiro atoms. The number of sulfone groups is 1. The van der Waals surface area contributed by atoms with Crippen molar-refractivity contribution in [3.63, 3.8) is 0 Å². The molecule has 1 saturated heterocycles. The minimum absolute atomic E-state index is 0.124. The van der Waals surface area contributed by atoms with E-state index in [0.717, 1.165) is 26.0 Å². The molecular weight excluding hydrogens is 306 g/mol. The second-order valence-corrected chi connectivity index (χ2v) is 7.61. The highest BCUT2D eigenvalue weighted by atomic mass is 32.2. The molecule has 0 bridgehead atoms. The van der Waals surface area contributed by atoms with Crippen molar-refractivity contribution in [1.29, 1.82) is 0 Å². The third-order valence-corrected chi connectivity index (χ3v) is 5.01. The molecule has 130 valence electrons. The van der Waals surface area contributed by atoms with E-state index < -0.39 is 9.84 Å². The van der Waals surface area contributed by atoms with E-state index in [9.17, 15) is 8.42 Å². The largest absolute Gasteiger partial charge is 0.379 e. The molecule has 0 amide bonds. The highest BCUT2D eigenvalue weighted by Gasteiger charge is 2.15. The van der Waals surface area contributed by atoms with Crippen LogP contribution in [0.15, 0.2) is 4.99 Å². The number of aliphatic imine (C=N–C) groups is 1. The molecule has 1 atom stereocenters. The van der Waals surface area contributed by atoms with Crippen molar-refractivity contribution in [2.45, 2.75) is 32.8 Å². The number of rotatable bonds is 10. The van der Waals surface area contributed by atoms with Gasteiger partial charge in [-0.05, 0) is 19.8 Å². The molecule has 2 N–H and O–H groups in total. The Labute approximate surface area is 133 Å². The van der Waals surface area contributed by atoms with Crippen molar-refractivity contribution >= 4 is 15.8 Å². The molecule has 1 aliphatic heterocycles. The third kappa shape index (κ3) is 8.55. The fourth-order valence-corrected chi connectivity index (χ4v) is 2.66. The van der Waals surface area contributed by atoms with Gasteiger partial charge in [0.2, 0.25) is 0 Å². The first-order valence-corrected chi connectivity index (χ1v) is 9.81. The molecular formula is C14H29N3O4S. The van der Waals surface area contributed by atoms with Gasteiger partial charge in [-0.3, -0.25) is 4.99 Å². The summed E-state index contributed by atoms with van der Waals surface area (Å²) in [5, 5.41) is 6.14. The maximum Gasteiger partial charge on any atom is 0.191 e. The second-order valence-electron chi connectivity index (χ2n) is 5.13. The summed E-state index contributed by atoms with van der Waals surface area (Å²) < 4.78 is 33.8. The highest BCUT2D eigenvalue weighted by Crippen LogP contribution is 2.07. The zero-order valence-corrected chi connectivity index (χ0v) is 14.5. The van der Waals surface area contributed by atoms with Crippen molar-refractivity contribution in [2.75, 3.05) is 51.0 Å². The first kappa shape index (κ1) is 19.2. The van der Waals surface area contributed by atoms with Crippen LogP contribution in [0.4, 0.5) is 0 Å². The predicted molar refractivity (Wildman–Crippen MR) is 88.1 cm³/mol. The Bertz CT molecular complexity index is 420. The van der Waals surface area contributed by atoms with Gasteiger partial charge < -0.3 is 20.1 Å². The van der Waals surface area contributed by atoms with Gasteiger partial charge in [-0.15, -0.1) is 0 Å². The summed E-state index contributed by atoms with van der Waals surface area (Å²) in [6, 6.07) is 0. The average molecular weight is 335 g/mol. The van der Waals surface area contributed by atoms with Crippen LogP contribution in [-0.2, 0) is 19.3 Å². The second kappa shape index (κ2) is 10.8. The zero-order chi connectivity index (χ0) is 16.3. The first-order chi connectivity index (χ1) is 10.6. The SMILES string of the molecule is CCNC(=NCCCOC1CCOC1)NCCS(=O)(=O)CC. The summed E-state index contributed by atoms with van der Waals surface area (Å²) in [5.74, 6) is 0.946. The summed E-state index contributed by atoms with van der Waals surface area (Å²) >= 11 is 0. The van der Waals surface area contributed by atoms with Crippen molar-refractivity contribution < 1.29 is 17.9 Å². The van der Waals surface area contributed by atoms with Crippen LogP contribution in [-0.4, -0.2) is 71.4 Å². The van der Waals surface area contributed by atoms with Gasteiger partial charge in [0.1, 0.15) is 0 Å². The summed E-state index contributed by atoms with van der Waals surface area (Å²) in [4.78, 5) is 4.41. The zero-order valence-electron chi connectivity index (χ0n) is 13.6. The van der Waals surface area contributed by atoms with Crippen LogP contribution in [0.25, 0.3) is 0 Å². The summed E-state index contributed by atoms with van der Waals surface area (Å²) in [6.45, 7) is 7.54. The standard InChI is InChI=1S/C14H29N3O4S/c1-3-15-14(17-8-11-22(18,19)4-2)16-7-5-9-21-13-6-10-20-12-13/h13H,3-12H2,1-2H3,(H2,15,16,17). The molecule has 1 aliphatic rings. The number of ether oxygens (including phenoxy) is 2. The molecule has 0 radical (unpaired) electrons. The van der Waals surface area contributed by atoms with Gasteiger partial charge in [0, 0.05) is 38.6 Å². The van der Waals surface area contributed by atoms with Crippen molar-refractivity contribution in [1.82, 2.24) is 10.6 Å². The minimum Gasteiger partial charge on any atom is -0.379 e. The highest BCUT2D eigenvalue weighted by molar-refractivity contribution is 7.91. The van der Waals surface area contributed by atoms with E-state index in [1.165, 1.54) is 0 Å². The van der Waals surface area contributed by atoms with E-state index in [0.29, 0.717) is 32.3 Å². The molecule has 0 aromatic carbocycles. The number of hydrogen-bond acceptors (Lipinski definition) is 5. The van der Waals surface area contributed by atoms with Gasteiger partial charge in [-0.25, -0.2) is 8.42 Å². The van der Waals surface area contributed by atoms with Crippen LogP contribution in [0, 0.1) is 0 Å². The smallest absolute Gasteiger partial charge is 0.191 e.